The van der Waals surface area contributed by atoms with Crippen LogP contribution in [0.25, 0.3) is 0 Å². The van der Waals surface area contributed by atoms with Gasteiger partial charge in [-0.05, 0) is 102 Å². The maximum Gasteiger partial charge on any atom is 0.482 e. The largest absolute Gasteiger partial charge is 0.496 e. The van der Waals surface area contributed by atoms with Gasteiger partial charge in [0.2, 0.25) is 0 Å². The molecule has 4 fully saturated rings. The summed E-state index contributed by atoms with van der Waals surface area (Å²) in [6.07, 6.45) is 1.34. The van der Waals surface area contributed by atoms with E-state index in [0.29, 0.717) is 22.4 Å². The minimum atomic E-state index is -0.843. The van der Waals surface area contributed by atoms with Crippen molar-refractivity contribution in [1.29, 1.82) is 0 Å². The zero-order valence-corrected chi connectivity index (χ0v) is 36.6. The first-order valence-electron chi connectivity index (χ1n) is 19.8. The number of ether oxygens (including phenoxy) is 3. The number of hydrogen-bond acceptors (Lipinski definition) is 12. The lowest BCUT2D eigenvalue weighted by Crippen LogP contribution is -2.65. The van der Waals surface area contributed by atoms with Gasteiger partial charge in [0.1, 0.15) is 34.8 Å². The normalized spacial score (nSPS) is 22.9. The number of hydrogen-bond donors (Lipinski definition) is 0. The third-order valence-corrected chi connectivity index (χ3v) is 12.5. The molecule has 0 radical (unpaired) electrons. The van der Waals surface area contributed by atoms with Crippen LogP contribution >= 0.6 is 11.3 Å². The van der Waals surface area contributed by atoms with E-state index in [1.807, 2.05) is 57.2 Å². The second-order valence-corrected chi connectivity index (χ2v) is 19.1. The van der Waals surface area contributed by atoms with Crippen LogP contribution in [0.2, 0.25) is 0 Å². The van der Waals surface area contributed by atoms with E-state index in [-0.39, 0.29) is 47.4 Å². The van der Waals surface area contributed by atoms with Gasteiger partial charge in [-0.2, -0.15) is 0 Å². The van der Waals surface area contributed by atoms with E-state index in [1.54, 1.807) is 57.3 Å². The average molecular weight is 817 g/mol. The van der Waals surface area contributed by atoms with Crippen LogP contribution in [0.3, 0.4) is 0 Å². The van der Waals surface area contributed by atoms with Crippen molar-refractivity contribution < 1.29 is 42.7 Å². The summed E-state index contributed by atoms with van der Waals surface area (Å²) in [5.74, 6) is -0.656. The molecule has 15 heteroatoms. The number of amides is 2. The van der Waals surface area contributed by atoms with Crippen molar-refractivity contribution in [2.45, 2.75) is 117 Å². The first-order valence-corrected chi connectivity index (χ1v) is 20.7. The molecule has 1 saturated heterocycles. The molecule has 0 N–H and O–H groups in total. The van der Waals surface area contributed by atoms with E-state index in [2.05, 4.69) is 30.9 Å². The molecule has 3 aliphatic carbocycles. The van der Waals surface area contributed by atoms with Gasteiger partial charge in [-0.25, -0.2) is 14.6 Å². The van der Waals surface area contributed by atoms with Crippen molar-refractivity contribution in [2.24, 2.45) is 22.4 Å². The maximum absolute atomic E-state index is 15.0. The van der Waals surface area contributed by atoms with Crippen molar-refractivity contribution in [3.8, 4) is 5.75 Å². The number of anilines is 1. The Hall–Kier alpha value is -4.47. The number of oxime groups is 1. The van der Waals surface area contributed by atoms with Gasteiger partial charge in [-0.15, -0.1) is 11.3 Å². The number of aromatic nitrogens is 1. The zero-order valence-electron chi connectivity index (χ0n) is 35.8. The van der Waals surface area contributed by atoms with Crippen LogP contribution in [0.15, 0.2) is 59.1 Å². The van der Waals surface area contributed by atoms with Gasteiger partial charge >= 0.3 is 19.2 Å². The Kier molecular flexibility index (Phi) is 12.1. The predicted octanol–water partition coefficient (Wildman–Crippen LogP) is 7.74. The molecule has 312 valence electrons. The third kappa shape index (κ3) is 8.91. The zero-order chi connectivity index (χ0) is 42.4. The number of esters is 1. The molecule has 0 spiro atoms. The van der Waals surface area contributed by atoms with Gasteiger partial charge < -0.3 is 33.3 Å². The van der Waals surface area contributed by atoms with E-state index in [0.717, 1.165) is 29.7 Å². The van der Waals surface area contributed by atoms with Crippen molar-refractivity contribution in [1.82, 2.24) is 9.88 Å². The number of nitrogens with zero attached hydrogens (tertiary/aromatic N) is 4. The molecule has 1 aromatic heterocycles. The van der Waals surface area contributed by atoms with Crippen LogP contribution in [0.1, 0.15) is 102 Å². The molecular formula is C43H57BN4O9S. The quantitative estimate of drug-likeness (QED) is 0.0773. The van der Waals surface area contributed by atoms with Crippen molar-refractivity contribution in [3.63, 3.8) is 0 Å². The first kappa shape index (κ1) is 43.1. The van der Waals surface area contributed by atoms with E-state index >= 15 is 0 Å². The fraction of sp³-hybridized carbons (Fsp3) is 0.558. The number of carbonyl (C=O) groups is 3. The number of thiazole rings is 1. The highest BCUT2D eigenvalue weighted by atomic mass is 32.1. The van der Waals surface area contributed by atoms with Crippen molar-refractivity contribution in [3.05, 3.63) is 76.3 Å². The predicted molar refractivity (Wildman–Crippen MR) is 223 cm³/mol. The van der Waals surface area contributed by atoms with Crippen LogP contribution in [0.5, 0.6) is 5.75 Å². The molecule has 2 bridgehead atoms. The number of methoxy groups -OCH3 is 1. The SMILES string of the molecule is COc1c(CC(B2OC3C[C@H]4C[C@@H](C4(C)C)[C@]3(C)O2)N(C)C(=O)/C(=N\OCc2ccccc2)c2csc(N(C)C(=O)OC(C)(C)C)n2)cccc1C(=O)OC(C)(C)C. The first-order chi connectivity index (χ1) is 27.1. The molecule has 3 aromatic rings. The molecule has 1 aliphatic heterocycles. The van der Waals surface area contributed by atoms with Crippen LogP contribution in [-0.4, -0.2) is 90.7 Å². The Balaban J connectivity index is 1.37. The van der Waals surface area contributed by atoms with Crippen LogP contribution in [-0.2, 0) is 41.4 Å². The number of rotatable bonds is 12. The van der Waals surface area contributed by atoms with E-state index in [4.69, 9.17) is 28.4 Å². The van der Waals surface area contributed by atoms with Crippen molar-refractivity contribution in [2.75, 3.05) is 26.1 Å². The second kappa shape index (κ2) is 16.3. The van der Waals surface area contributed by atoms with Crippen molar-refractivity contribution >= 4 is 47.3 Å². The average Bonchev–Trinajstić information content (AvgIpc) is 3.78. The van der Waals surface area contributed by atoms with Gasteiger partial charge in [0.25, 0.3) is 5.91 Å². The molecule has 2 heterocycles. The molecule has 2 aromatic carbocycles. The number of likely N-dealkylation sites (N-methyl/N-ethyl adjacent to an activating group) is 1. The summed E-state index contributed by atoms with van der Waals surface area (Å²) in [5.41, 5.74) is -0.0235. The molecule has 3 saturated carbocycles. The highest BCUT2D eigenvalue weighted by Crippen LogP contribution is 2.66. The second-order valence-electron chi connectivity index (χ2n) is 18.3. The fourth-order valence-electron chi connectivity index (χ4n) is 8.38. The lowest BCUT2D eigenvalue weighted by Gasteiger charge is -2.64. The maximum atomic E-state index is 15.0. The standard InChI is InChI=1S/C43H57BN4O9S/c1-40(2,3)54-37(50)29-20-16-19-27(35(29)52-12)21-33(44-56-32-23-28-22-31(42(28,7)8)43(32,9)57-44)47(10)36(49)34(46-53-24-26-17-14-13-15-18-26)30-25-58-38(45-30)48(11)39(51)55-41(4,5)6/h13-20,25,28,31-33H,21-24H2,1-12H3/b46-34-/t28-,31+,32?,33?,43+/m1/s1. The molecule has 2 amide bonds. The summed E-state index contributed by atoms with van der Waals surface area (Å²) in [7, 11) is 3.89. The van der Waals surface area contributed by atoms with Gasteiger partial charge in [0.15, 0.2) is 10.8 Å². The highest BCUT2D eigenvalue weighted by Gasteiger charge is 2.69. The summed E-state index contributed by atoms with van der Waals surface area (Å²) in [5, 5.41) is 6.36. The number of carbonyl (C=O) groups excluding carboxylic acids is 3. The number of benzene rings is 2. The Morgan fingerprint density at radius 3 is 2.31 bits per heavy atom. The third-order valence-electron chi connectivity index (χ3n) is 11.6. The van der Waals surface area contributed by atoms with Crippen LogP contribution < -0.4 is 9.64 Å². The minimum absolute atomic E-state index is 0.0806. The lowest BCUT2D eigenvalue weighted by atomic mass is 9.43. The van der Waals surface area contributed by atoms with E-state index in [1.165, 1.54) is 12.0 Å². The molecule has 4 aliphatic rings. The molecule has 58 heavy (non-hydrogen) atoms. The van der Waals surface area contributed by atoms with Crippen LogP contribution in [0.4, 0.5) is 9.93 Å². The van der Waals surface area contributed by atoms with Gasteiger partial charge in [0.05, 0.1) is 24.8 Å². The van der Waals surface area contributed by atoms with Gasteiger partial charge in [-0.3, -0.25) is 9.69 Å². The number of para-hydroxylation sites is 1. The Bertz CT molecular complexity index is 2030. The molecule has 5 atom stereocenters. The highest BCUT2D eigenvalue weighted by molar-refractivity contribution is 7.14. The summed E-state index contributed by atoms with van der Waals surface area (Å²) >= 11 is 1.16. The Labute approximate surface area is 346 Å². The van der Waals surface area contributed by atoms with E-state index < -0.39 is 47.8 Å². The summed E-state index contributed by atoms with van der Waals surface area (Å²) in [6.45, 7) is 17.6. The van der Waals surface area contributed by atoms with Gasteiger partial charge in [-0.1, -0.05) is 61.5 Å². The summed E-state index contributed by atoms with van der Waals surface area (Å²) in [6, 6.07) is 14.8. The summed E-state index contributed by atoms with van der Waals surface area (Å²) in [4.78, 5) is 54.7. The molecule has 2 unspecified atom stereocenters. The van der Waals surface area contributed by atoms with Gasteiger partial charge in [0, 0.05) is 19.5 Å². The fourth-order valence-corrected chi connectivity index (χ4v) is 9.14. The monoisotopic (exact) mass is 816 g/mol. The Morgan fingerprint density at radius 1 is 0.983 bits per heavy atom. The summed E-state index contributed by atoms with van der Waals surface area (Å²) < 4.78 is 31.0. The molecule has 7 rings (SSSR count). The Morgan fingerprint density at radius 2 is 1.67 bits per heavy atom. The lowest BCUT2D eigenvalue weighted by molar-refractivity contribution is -0.199. The minimum Gasteiger partial charge on any atom is -0.496 e. The smallest absolute Gasteiger partial charge is 0.482 e. The van der Waals surface area contributed by atoms with Crippen LogP contribution in [0, 0.1) is 17.3 Å². The molecular weight excluding hydrogens is 759 g/mol. The van der Waals surface area contributed by atoms with E-state index in [9.17, 15) is 14.4 Å². The molecule has 13 nitrogen and oxygen atoms in total. The topological polar surface area (TPSA) is 138 Å².